The molecule has 1 spiro atoms. The zero-order valence-electron chi connectivity index (χ0n) is 15.7. The highest BCUT2D eigenvalue weighted by molar-refractivity contribution is 7.84. The summed E-state index contributed by atoms with van der Waals surface area (Å²) in [4.78, 5) is 17.4. The Kier molecular flexibility index (Phi) is 5.00. The van der Waals surface area contributed by atoms with E-state index in [0.717, 1.165) is 30.5 Å². The van der Waals surface area contributed by atoms with Crippen molar-refractivity contribution in [2.24, 2.45) is 5.41 Å². The van der Waals surface area contributed by atoms with Crippen molar-refractivity contribution >= 4 is 17.1 Å². The van der Waals surface area contributed by atoms with E-state index >= 15 is 0 Å². The average molecular weight is 381 g/mol. The lowest BCUT2D eigenvalue weighted by molar-refractivity contribution is 0.0762. The van der Waals surface area contributed by atoms with Gasteiger partial charge in [0.15, 0.2) is 0 Å². The van der Waals surface area contributed by atoms with Crippen LogP contribution in [0.4, 0.5) is 4.79 Å². The molecule has 2 heterocycles. The highest BCUT2D eigenvalue weighted by Crippen LogP contribution is 2.52. The monoisotopic (exact) mass is 381 g/mol. The molecule has 1 aromatic heterocycles. The predicted octanol–water partition coefficient (Wildman–Crippen LogP) is 2.50. The van der Waals surface area contributed by atoms with Crippen LogP contribution < -0.4 is 9.46 Å². The van der Waals surface area contributed by atoms with Gasteiger partial charge in [0.2, 0.25) is 5.88 Å². The molecule has 1 amide bonds. The molecule has 2 N–H and O–H groups in total. The number of hydrogen-bond acceptors (Lipinski definition) is 4. The Bertz CT molecular complexity index is 724. The molecule has 3 rings (SSSR count). The summed E-state index contributed by atoms with van der Waals surface area (Å²) < 4.78 is 21.0. The Labute approximate surface area is 156 Å². The van der Waals surface area contributed by atoms with Gasteiger partial charge in [-0.2, -0.15) is 0 Å². The summed E-state index contributed by atoms with van der Waals surface area (Å²) in [6.45, 7) is 6.78. The van der Waals surface area contributed by atoms with Gasteiger partial charge in [-0.25, -0.2) is 18.7 Å². The third kappa shape index (κ3) is 3.44. The molecule has 26 heavy (non-hydrogen) atoms. The fraction of sp³-hybridized carbons (Fsp3) is 0.667. The molecular weight excluding hydrogens is 354 g/mol. The maximum atomic E-state index is 12.8. The van der Waals surface area contributed by atoms with Crippen LogP contribution in [0, 0.1) is 5.41 Å². The van der Waals surface area contributed by atoms with E-state index in [1.54, 1.807) is 7.11 Å². The van der Waals surface area contributed by atoms with Gasteiger partial charge in [0.1, 0.15) is 0 Å². The van der Waals surface area contributed by atoms with Crippen molar-refractivity contribution in [3.8, 4) is 5.88 Å². The summed E-state index contributed by atoms with van der Waals surface area (Å²) in [6, 6.07) is 3.69. The number of nitrogens with one attached hydrogen (secondary N) is 1. The number of amides is 1. The SMILES string of the molecule is COc1ccc2c(n1)[C@@H](NS(=O)C(C)(C)C)C1(CCN(C(=O)O)CC1)C2. The number of ether oxygens (including phenoxy) is 1. The van der Waals surface area contributed by atoms with Gasteiger partial charge in [-0.05, 0) is 51.0 Å². The van der Waals surface area contributed by atoms with Crippen LogP contribution in [0.5, 0.6) is 5.88 Å². The molecule has 0 saturated carbocycles. The van der Waals surface area contributed by atoms with Crippen LogP contribution >= 0.6 is 0 Å². The van der Waals surface area contributed by atoms with Crippen molar-refractivity contribution in [3.05, 3.63) is 23.4 Å². The minimum Gasteiger partial charge on any atom is -0.481 e. The molecule has 1 aromatic rings. The standard InChI is InChI=1S/C18H27N3O4S/c1-17(2,3)26(24)20-15-14-12(5-6-13(19-14)25-4)11-18(15)7-9-21(10-8-18)16(22)23/h5-6,15,20H,7-11H2,1-4H3,(H,22,23)/t15-,26?/m1/s1. The summed E-state index contributed by atoms with van der Waals surface area (Å²) in [7, 11) is 0.335. The highest BCUT2D eigenvalue weighted by atomic mass is 32.2. The van der Waals surface area contributed by atoms with E-state index in [1.165, 1.54) is 4.90 Å². The second-order valence-corrected chi connectivity index (χ2v) is 10.1. The zero-order valence-corrected chi connectivity index (χ0v) is 16.6. The molecule has 1 aliphatic carbocycles. The molecule has 1 unspecified atom stereocenters. The molecule has 1 saturated heterocycles. The van der Waals surface area contributed by atoms with Gasteiger partial charge in [-0.3, -0.25) is 0 Å². The summed E-state index contributed by atoms with van der Waals surface area (Å²) in [5, 5.41) is 9.26. The Morgan fingerprint density at radius 2 is 2.04 bits per heavy atom. The largest absolute Gasteiger partial charge is 0.481 e. The first-order chi connectivity index (χ1) is 12.2. The Morgan fingerprint density at radius 3 is 2.58 bits per heavy atom. The van der Waals surface area contributed by atoms with Gasteiger partial charge < -0.3 is 14.7 Å². The molecule has 1 aliphatic heterocycles. The van der Waals surface area contributed by atoms with E-state index in [-0.39, 0.29) is 11.5 Å². The minimum absolute atomic E-state index is 0.172. The van der Waals surface area contributed by atoms with Crippen molar-refractivity contribution in [1.29, 1.82) is 0 Å². The number of rotatable bonds is 3. The summed E-state index contributed by atoms with van der Waals surface area (Å²) >= 11 is 0. The van der Waals surface area contributed by atoms with Crippen LogP contribution in [0.3, 0.4) is 0 Å². The second kappa shape index (κ2) is 6.81. The van der Waals surface area contributed by atoms with E-state index in [1.807, 2.05) is 32.9 Å². The fourth-order valence-corrected chi connectivity index (χ4v) is 4.77. The Balaban J connectivity index is 1.94. The lowest BCUT2D eigenvalue weighted by Crippen LogP contribution is -2.48. The van der Waals surface area contributed by atoms with E-state index in [9.17, 15) is 14.1 Å². The quantitative estimate of drug-likeness (QED) is 0.839. The maximum absolute atomic E-state index is 12.8. The van der Waals surface area contributed by atoms with Crippen LogP contribution in [0.2, 0.25) is 0 Å². The third-order valence-electron chi connectivity index (χ3n) is 5.44. The predicted molar refractivity (Wildman–Crippen MR) is 99.5 cm³/mol. The molecule has 144 valence electrons. The summed E-state index contributed by atoms with van der Waals surface area (Å²) in [5.41, 5.74) is 1.83. The third-order valence-corrected chi connectivity index (χ3v) is 7.00. The highest BCUT2D eigenvalue weighted by Gasteiger charge is 2.50. The number of methoxy groups -OCH3 is 1. The van der Waals surface area contributed by atoms with Gasteiger partial charge >= 0.3 is 6.09 Å². The number of aromatic nitrogens is 1. The smallest absolute Gasteiger partial charge is 0.407 e. The summed E-state index contributed by atoms with van der Waals surface area (Å²) in [6.07, 6.45) is 1.37. The van der Waals surface area contributed by atoms with E-state index < -0.39 is 21.8 Å². The molecule has 0 aromatic carbocycles. The molecule has 0 bridgehead atoms. The maximum Gasteiger partial charge on any atom is 0.407 e. The van der Waals surface area contributed by atoms with Gasteiger partial charge in [0.05, 0.1) is 34.6 Å². The average Bonchev–Trinajstić information content (AvgIpc) is 2.87. The van der Waals surface area contributed by atoms with Crippen molar-refractivity contribution < 1.29 is 18.8 Å². The normalized spacial score (nSPS) is 22.9. The molecule has 1 fully saturated rings. The van der Waals surface area contributed by atoms with Gasteiger partial charge in [-0.15, -0.1) is 0 Å². The number of fused-ring (bicyclic) bond motifs is 1. The summed E-state index contributed by atoms with van der Waals surface area (Å²) in [5.74, 6) is 0.539. The Hall–Kier alpha value is -1.67. The van der Waals surface area contributed by atoms with Crippen LogP contribution in [0.1, 0.15) is 50.9 Å². The second-order valence-electron chi connectivity index (χ2n) is 8.14. The molecule has 2 atom stereocenters. The molecule has 2 aliphatic rings. The van der Waals surface area contributed by atoms with Gasteiger partial charge in [0, 0.05) is 19.2 Å². The van der Waals surface area contributed by atoms with E-state index in [0.29, 0.717) is 19.0 Å². The molecule has 8 heteroatoms. The fourth-order valence-electron chi connectivity index (χ4n) is 3.84. The van der Waals surface area contributed by atoms with Crippen LogP contribution in [-0.2, 0) is 17.4 Å². The first-order valence-electron chi connectivity index (χ1n) is 8.86. The lowest BCUT2D eigenvalue weighted by Gasteiger charge is -2.42. The number of likely N-dealkylation sites (tertiary alicyclic amines) is 1. The van der Waals surface area contributed by atoms with Crippen molar-refractivity contribution in [1.82, 2.24) is 14.6 Å². The molecular formula is C18H27N3O4S. The van der Waals surface area contributed by atoms with Crippen molar-refractivity contribution in [2.75, 3.05) is 20.2 Å². The van der Waals surface area contributed by atoms with Gasteiger partial charge in [-0.1, -0.05) is 6.07 Å². The number of carboxylic acid groups (broad SMARTS) is 1. The van der Waals surface area contributed by atoms with Crippen molar-refractivity contribution in [2.45, 2.75) is 50.8 Å². The zero-order chi connectivity index (χ0) is 19.1. The molecule has 0 radical (unpaired) electrons. The van der Waals surface area contributed by atoms with Crippen LogP contribution in [-0.4, -0.2) is 50.2 Å². The lowest BCUT2D eigenvalue weighted by atomic mass is 9.73. The number of carbonyl (C=O) groups is 1. The molecule has 7 nitrogen and oxygen atoms in total. The number of pyridine rings is 1. The number of nitrogens with zero attached hydrogens (tertiary/aromatic N) is 2. The first kappa shape index (κ1) is 19.1. The van der Waals surface area contributed by atoms with Gasteiger partial charge in [0.25, 0.3) is 0 Å². The number of hydrogen-bond donors (Lipinski definition) is 2. The Morgan fingerprint density at radius 1 is 1.38 bits per heavy atom. The number of piperidine rings is 1. The van der Waals surface area contributed by atoms with Crippen LogP contribution in [0.25, 0.3) is 0 Å². The first-order valence-corrected chi connectivity index (χ1v) is 10.0. The topological polar surface area (TPSA) is 91.8 Å². The minimum atomic E-state index is -1.25. The van der Waals surface area contributed by atoms with E-state index in [2.05, 4.69) is 9.71 Å². The van der Waals surface area contributed by atoms with Crippen LogP contribution in [0.15, 0.2) is 12.1 Å². The van der Waals surface area contributed by atoms with Crippen molar-refractivity contribution in [3.63, 3.8) is 0 Å². The van der Waals surface area contributed by atoms with E-state index in [4.69, 9.17) is 4.74 Å².